The lowest BCUT2D eigenvalue weighted by Gasteiger charge is -2.25. The Bertz CT molecular complexity index is 536. The van der Waals surface area contributed by atoms with Gasteiger partial charge in [-0.15, -0.1) is 0 Å². The van der Waals surface area contributed by atoms with Crippen molar-refractivity contribution in [2.24, 2.45) is 0 Å². The number of nitrogens with two attached hydrogens (primary N) is 1. The lowest BCUT2D eigenvalue weighted by molar-refractivity contribution is 0.0443. The zero-order chi connectivity index (χ0) is 14.9. The lowest BCUT2D eigenvalue weighted by Crippen LogP contribution is -2.35. The SMILES string of the molecule is CN1C[C@]2(CCCN(Cc3cccnc3N)CC2)OC1=O. The quantitative estimate of drug-likeness (QED) is 0.893. The van der Waals surface area contributed by atoms with E-state index in [4.69, 9.17) is 10.5 Å². The lowest BCUT2D eigenvalue weighted by atomic mass is 9.95. The minimum atomic E-state index is -0.291. The van der Waals surface area contributed by atoms with Crippen molar-refractivity contribution in [2.75, 3.05) is 32.4 Å². The number of pyridine rings is 1. The molecule has 21 heavy (non-hydrogen) atoms. The van der Waals surface area contributed by atoms with Crippen molar-refractivity contribution in [2.45, 2.75) is 31.4 Å². The monoisotopic (exact) mass is 290 g/mol. The van der Waals surface area contributed by atoms with E-state index in [1.54, 1.807) is 18.1 Å². The van der Waals surface area contributed by atoms with Crippen LogP contribution in [-0.2, 0) is 11.3 Å². The largest absolute Gasteiger partial charge is 0.441 e. The van der Waals surface area contributed by atoms with Crippen molar-refractivity contribution in [3.8, 4) is 0 Å². The topological polar surface area (TPSA) is 71.7 Å². The van der Waals surface area contributed by atoms with Gasteiger partial charge in [0.15, 0.2) is 0 Å². The Kier molecular flexibility index (Phi) is 3.71. The molecule has 0 unspecified atom stereocenters. The number of amides is 1. The van der Waals surface area contributed by atoms with Crippen LogP contribution in [0.5, 0.6) is 0 Å². The van der Waals surface area contributed by atoms with Gasteiger partial charge in [-0.3, -0.25) is 4.90 Å². The van der Waals surface area contributed by atoms with Gasteiger partial charge in [0.25, 0.3) is 0 Å². The van der Waals surface area contributed by atoms with Crippen LogP contribution in [0.15, 0.2) is 18.3 Å². The number of rotatable bonds is 2. The molecule has 2 aliphatic heterocycles. The third-order valence-corrected chi connectivity index (χ3v) is 4.45. The average Bonchev–Trinajstić information content (AvgIpc) is 2.62. The number of nitrogens with zero attached hydrogens (tertiary/aromatic N) is 3. The maximum Gasteiger partial charge on any atom is 0.410 e. The molecular weight excluding hydrogens is 268 g/mol. The molecule has 3 rings (SSSR count). The zero-order valence-corrected chi connectivity index (χ0v) is 12.4. The van der Waals surface area contributed by atoms with Gasteiger partial charge in [0, 0.05) is 38.3 Å². The van der Waals surface area contributed by atoms with Gasteiger partial charge in [-0.25, -0.2) is 9.78 Å². The highest BCUT2D eigenvalue weighted by Crippen LogP contribution is 2.32. The number of aromatic nitrogens is 1. The molecule has 2 fully saturated rings. The van der Waals surface area contributed by atoms with Gasteiger partial charge in [0.1, 0.15) is 11.4 Å². The van der Waals surface area contributed by atoms with Gasteiger partial charge in [-0.1, -0.05) is 6.07 Å². The summed E-state index contributed by atoms with van der Waals surface area (Å²) in [5.41, 5.74) is 6.69. The highest BCUT2D eigenvalue weighted by Gasteiger charge is 2.44. The number of carbonyl (C=O) groups excluding carboxylic acids is 1. The first-order valence-electron chi connectivity index (χ1n) is 7.44. The Labute approximate surface area is 124 Å². The van der Waals surface area contributed by atoms with Crippen molar-refractivity contribution in [1.82, 2.24) is 14.8 Å². The van der Waals surface area contributed by atoms with E-state index in [1.807, 2.05) is 12.1 Å². The molecule has 1 atom stereocenters. The summed E-state index contributed by atoms with van der Waals surface area (Å²) < 4.78 is 5.63. The number of anilines is 1. The van der Waals surface area contributed by atoms with Crippen LogP contribution in [0.3, 0.4) is 0 Å². The first kappa shape index (κ1) is 14.1. The fourth-order valence-electron chi connectivity index (χ4n) is 3.26. The third kappa shape index (κ3) is 2.95. The van der Waals surface area contributed by atoms with Crippen molar-refractivity contribution in [1.29, 1.82) is 0 Å². The molecule has 0 aromatic carbocycles. The van der Waals surface area contributed by atoms with Crippen LogP contribution >= 0.6 is 0 Å². The van der Waals surface area contributed by atoms with E-state index >= 15 is 0 Å². The normalized spacial score (nSPS) is 26.9. The van der Waals surface area contributed by atoms with E-state index < -0.39 is 0 Å². The van der Waals surface area contributed by atoms with Crippen LogP contribution in [0, 0.1) is 0 Å². The van der Waals surface area contributed by atoms with Gasteiger partial charge in [-0.05, 0) is 25.5 Å². The first-order chi connectivity index (χ1) is 10.1. The molecule has 1 aromatic heterocycles. The van der Waals surface area contributed by atoms with Gasteiger partial charge in [0.2, 0.25) is 0 Å². The van der Waals surface area contributed by atoms with E-state index in [0.717, 1.165) is 44.5 Å². The Hall–Kier alpha value is -1.82. The average molecular weight is 290 g/mol. The predicted octanol–water partition coefficient (Wildman–Crippen LogP) is 1.47. The molecule has 2 aliphatic rings. The van der Waals surface area contributed by atoms with E-state index in [1.165, 1.54) is 0 Å². The highest BCUT2D eigenvalue weighted by molar-refractivity contribution is 5.70. The molecule has 3 heterocycles. The molecule has 1 spiro atoms. The number of carbonyl (C=O) groups is 1. The number of ether oxygens (including phenoxy) is 1. The van der Waals surface area contributed by atoms with Crippen molar-refractivity contribution < 1.29 is 9.53 Å². The molecule has 0 saturated carbocycles. The zero-order valence-electron chi connectivity index (χ0n) is 12.4. The van der Waals surface area contributed by atoms with E-state index in [0.29, 0.717) is 12.4 Å². The summed E-state index contributed by atoms with van der Waals surface area (Å²) in [6.45, 7) is 3.42. The van der Waals surface area contributed by atoms with Gasteiger partial charge in [-0.2, -0.15) is 0 Å². The first-order valence-corrected chi connectivity index (χ1v) is 7.44. The number of likely N-dealkylation sites (N-methyl/N-ethyl adjacent to an activating group) is 1. The van der Waals surface area contributed by atoms with Crippen LogP contribution in [0.25, 0.3) is 0 Å². The number of nitrogen functional groups attached to an aromatic ring is 1. The molecule has 2 saturated heterocycles. The van der Waals surface area contributed by atoms with Crippen LogP contribution < -0.4 is 5.73 Å². The second-order valence-corrected chi connectivity index (χ2v) is 6.08. The summed E-state index contributed by atoms with van der Waals surface area (Å²) in [5.74, 6) is 0.600. The Morgan fingerprint density at radius 3 is 3.00 bits per heavy atom. The molecule has 114 valence electrons. The molecule has 1 aromatic rings. The minimum absolute atomic E-state index is 0.194. The molecule has 1 amide bonds. The second-order valence-electron chi connectivity index (χ2n) is 6.08. The summed E-state index contributed by atoms with van der Waals surface area (Å²) in [4.78, 5) is 19.8. The molecule has 0 aliphatic carbocycles. The van der Waals surface area contributed by atoms with E-state index in [2.05, 4.69) is 9.88 Å². The van der Waals surface area contributed by atoms with Crippen LogP contribution in [0.2, 0.25) is 0 Å². The molecule has 2 N–H and O–H groups in total. The maximum absolute atomic E-state index is 11.6. The van der Waals surface area contributed by atoms with Gasteiger partial charge < -0.3 is 15.4 Å². The number of hydrogen-bond donors (Lipinski definition) is 1. The van der Waals surface area contributed by atoms with E-state index in [9.17, 15) is 4.79 Å². The third-order valence-electron chi connectivity index (χ3n) is 4.45. The smallest absolute Gasteiger partial charge is 0.410 e. The Morgan fingerprint density at radius 1 is 1.43 bits per heavy atom. The summed E-state index contributed by atoms with van der Waals surface area (Å²) >= 11 is 0. The summed E-state index contributed by atoms with van der Waals surface area (Å²) in [5, 5.41) is 0. The second kappa shape index (κ2) is 5.52. The predicted molar refractivity (Wildman–Crippen MR) is 79.6 cm³/mol. The van der Waals surface area contributed by atoms with Gasteiger partial charge in [0.05, 0.1) is 6.54 Å². The summed E-state index contributed by atoms with van der Waals surface area (Å²) in [6, 6.07) is 3.94. The Balaban J connectivity index is 1.64. The standard InChI is InChI=1S/C15H22N4O2/c1-18-11-15(21-14(18)20)5-3-8-19(9-6-15)10-12-4-2-7-17-13(12)16/h2,4,7H,3,5-6,8-11H2,1H3,(H2,16,17)/t15-/m1/s1. The van der Waals surface area contributed by atoms with Crippen molar-refractivity contribution >= 4 is 11.9 Å². The molecule has 0 radical (unpaired) electrons. The molecule has 0 bridgehead atoms. The van der Waals surface area contributed by atoms with Crippen LogP contribution in [0.1, 0.15) is 24.8 Å². The van der Waals surface area contributed by atoms with E-state index in [-0.39, 0.29) is 11.7 Å². The summed E-state index contributed by atoms with van der Waals surface area (Å²) in [6.07, 6.45) is 4.36. The number of hydrogen-bond acceptors (Lipinski definition) is 5. The molecule has 6 heteroatoms. The molecule has 6 nitrogen and oxygen atoms in total. The minimum Gasteiger partial charge on any atom is -0.441 e. The van der Waals surface area contributed by atoms with Crippen LogP contribution in [-0.4, -0.2) is 53.2 Å². The van der Waals surface area contributed by atoms with Crippen molar-refractivity contribution in [3.05, 3.63) is 23.9 Å². The van der Waals surface area contributed by atoms with Crippen LogP contribution in [0.4, 0.5) is 10.6 Å². The fraction of sp³-hybridized carbons (Fsp3) is 0.600. The maximum atomic E-state index is 11.6. The Morgan fingerprint density at radius 2 is 2.29 bits per heavy atom. The molecular formula is C15H22N4O2. The fourth-order valence-corrected chi connectivity index (χ4v) is 3.26. The summed E-state index contributed by atoms with van der Waals surface area (Å²) in [7, 11) is 1.80. The number of likely N-dealkylation sites (tertiary alicyclic amines) is 1. The van der Waals surface area contributed by atoms with Crippen molar-refractivity contribution in [3.63, 3.8) is 0 Å². The van der Waals surface area contributed by atoms with Gasteiger partial charge >= 0.3 is 6.09 Å². The highest BCUT2D eigenvalue weighted by atomic mass is 16.6.